The summed E-state index contributed by atoms with van der Waals surface area (Å²) in [6.07, 6.45) is 4.59. The van der Waals surface area contributed by atoms with Crippen LogP contribution in [-0.2, 0) is 0 Å². The topological polar surface area (TPSA) is 67.6 Å². The molecule has 0 aromatic heterocycles. The van der Waals surface area contributed by atoms with Gasteiger partial charge in [-0.25, -0.2) is 0 Å². The second-order valence-electron chi connectivity index (χ2n) is 6.48. The molecule has 1 amide bonds. The van der Waals surface area contributed by atoms with Gasteiger partial charge in [0, 0.05) is 24.7 Å². The highest BCUT2D eigenvalue weighted by molar-refractivity contribution is 5.94. The van der Waals surface area contributed by atoms with E-state index in [1.165, 1.54) is 12.8 Å². The summed E-state index contributed by atoms with van der Waals surface area (Å²) in [6.45, 7) is 3.85. The van der Waals surface area contributed by atoms with Crippen molar-refractivity contribution in [3.8, 4) is 5.75 Å². The second kappa shape index (κ2) is 7.79. The molecule has 126 valence electrons. The van der Waals surface area contributed by atoms with E-state index in [0.717, 1.165) is 43.8 Å². The summed E-state index contributed by atoms with van der Waals surface area (Å²) in [5.74, 6) is 1.45. The fourth-order valence-corrected chi connectivity index (χ4v) is 3.78. The third-order valence-corrected chi connectivity index (χ3v) is 4.92. The van der Waals surface area contributed by atoms with Crippen LogP contribution in [0.2, 0.25) is 0 Å². The molecule has 2 heterocycles. The number of hydrogen-bond acceptors (Lipinski definition) is 4. The average molecular weight is 317 g/mol. The number of piperidine rings is 1. The van der Waals surface area contributed by atoms with E-state index in [0.29, 0.717) is 25.1 Å². The summed E-state index contributed by atoms with van der Waals surface area (Å²) >= 11 is 0. The third kappa shape index (κ3) is 3.85. The summed E-state index contributed by atoms with van der Waals surface area (Å²) in [6, 6.07) is 7.87. The van der Waals surface area contributed by atoms with Gasteiger partial charge in [-0.15, -0.1) is 0 Å². The van der Waals surface area contributed by atoms with E-state index in [9.17, 15) is 4.79 Å². The van der Waals surface area contributed by atoms with Gasteiger partial charge < -0.3 is 20.7 Å². The van der Waals surface area contributed by atoms with Crippen LogP contribution in [0.25, 0.3) is 0 Å². The molecule has 0 radical (unpaired) electrons. The number of rotatable bonds is 4. The number of amides is 1. The zero-order valence-electron chi connectivity index (χ0n) is 13.7. The second-order valence-corrected chi connectivity index (χ2v) is 6.48. The lowest BCUT2D eigenvalue weighted by atomic mass is 9.89. The standard InChI is InChI=1S/C18H27N3O2/c19-8-11-23-16-6-3-5-14(12-16)18(22)21-10-2-1-4-15-13-20-9-7-17(15)21/h3,5-6,12,15,17,20H,1-2,4,7-11,13,19H2/t15-,17+/m0/s1. The van der Waals surface area contributed by atoms with Crippen molar-refractivity contribution in [2.75, 3.05) is 32.8 Å². The van der Waals surface area contributed by atoms with E-state index in [4.69, 9.17) is 10.5 Å². The first kappa shape index (κ1) is 16.3. The highest BCUT2D eigenvalue weighted by atomic mass is 16.5. The van der Waals surface area contributed by atoms with Gasteiger partial charge in [0.2, 0.25) is 0 Å². The Kier molecular flexibility index (Phi) is 5.51. The van der Waals surface area contributed by atoms with Crippen molar-refractivity contribution in [1.82, 2.24) is 10.2 Å². The monoisotopic (exact) mass is 317 g/mol. The predicted molar refractivity (Wildman–Crippen MR) is 90.6 cm³/mol. The van der Waals surface area contributed by atoms with E-state index in [1.54, 1.807) is 0 Å². The summed E-state index contributed by atoms with van der Waals surface area (Å²) in [4.78, 5) is 15.2. The molecule has 0 saturated carbocycles. The minimum Gasteiger partial charge on any atom is -0.492 e. The molecule has 0 aliphatic carbocycles. The number of likely N-dealkylation sites (tertiary alicyclic amines) is 1. The highest BCUT2D eigenvalue weighted by Crippen LogP contribution is 2.28. The maximum Gasteiger partial charge on any atom is 0.254 e. The van der Waals surface area contributed by atoms with Crippen molar-refractivity contribution in [3.63, 3.8) is 0 Å². The van der Waals surface area contributed by atoms with Crippen LogP contribution in [0.3, 0.4) is 0 Å². The van der Waals surface area contributed by atoms with Crippen molar-refractivity contribution in [3.05, 3.63) is 29.8 Å². The van der Waals surface area contributed by atoms with Crippen LogP contribution >= 0.6 is 0 Å². The van der Waals surface area contributed by atoms with Gasteiger partial charge in [-0.05, 0) is 56.5 Å². The Balaban J connectivity index is 1.77. The number of nitrogens with zero attached hydrogens (tertiary/aromatic N) is 1. The Labute approximate surface area is 138 Å². The third-order valence-electron chi connectivity index (χ3n) is 4.92. The van der Waals surface area contributed by atoms with Gasteiger partial charge in [0.25, 0.3) is 5.91 Å². The number of hydrogen-bond donors (Lipinski definition) is 2. The Bertz CT molecular complexity index is 535. The number of fused-ring (bicyclic) bond motifs is 1. The van der Waals surface area contributed by atoms with Crippen molar-refractivity contribution >= 4 is 5.91 Å². The molecular weight excluding hydrogens is 290 g/mol. The number of ether oxygens (including phenoxy) is 1. The Morgan fingerprint density at radius 1 is 1.35 bits per heavy atom. The fraction of sp³-hybridized carbons (Fsp3) is 0.611. The minimum atomic E-state index is 0.141. The summed E-state index contributed by atoms with van der Waals surface area (Å²) in [7, 11) is 0. The first-order valence-electron chi connectivity index (χ1n) is 8.74. The molecule has 5 nitrogen and oxygen atoms in total. The molecule has 3 rings (SSSR count). The van der Waals surface area contributed by atoms with Gasteiger partial charge in [-0.3, -0.25) is 4.79 Å². The molecule has 3 N–H and O–H groups in total. The van der Waals surface area contributed by atoms with Crippen LogP contribution < -0.4 is 15.8 Å². The average Bonchev–Trinajstić information content (AvgIpc) is 2.82. The van der Waals surface area contributed by atoms with Gasteiger partial charge in [0.1, 0.15) is 12.4 Å². The zero-order chi connectivity index (χ0) is 16.1. The quantitative estimate of drug-likeness (QED) is 0.886. The molecule has 2 saturated heterocycles. The molecule has 1 aromatic rings. The lowest BCUT2D eigenvalue weighted by Crippen LogP contribution is -2.51. The van der Waals surface area contributed by atoms with Gasteiger partial charge in [0.05, 0.1) is 0 Å². The zero-order valence-corrected chi connectivity index (χ0v) is 13.7. The molecular formula is C18H27N3O2. The normalized spacial score (nSPS) is 24.7. The molecule has 2 aliphatic heterocycles. The lowest BCUT2D eigenvalue weighted by molar-refractivity contribution is 0.0586. The number of nitrogens with one attached hydrogen (secondary N) is 1. The molecule has 23 heavy (non-hydrogen) atoms. The predicted octanol–water partition coefficient (Wildman–Crippen LogP) is 1.63. The van der Waals surface area contributed by atoms with Crippen LogP contribution in [0.5, 0.6) is 5.75 Å². The van der Waals surface area contributed by atoms with E-state index < -0.39 is 0 Å². The molecule has 1 aromatic carbocycles. The first-order chi connectivity index (χ1) is 11.3. The van der Waals surface area contributed by atoms with E-state index in [1.807, 2.05) is 24.3 Å². The SMILES string of the molecule is NCCOc1cccc(C(=O)N2CCCC[C@H]3CNCC[C@H]32)c1. The molecule has 0 unspecified atom stereocenters. The van der Waals surface area contributed by atoms with Gasteiger partial charge in [-0.1, -0.05) is 12.5 Å². The smallest absolute Gasteiger partial charge is 0.254 e. The maximum absolute atomic E-state index is 13.1. The lowest BCUT2D eigenvalue weighted by Gasteiger charge is -2.38. The van der Waals surface area contributed by atoms with Crippen LogP contribution in [0.4, 0.5) is 0 Å². The number of benzene rings is 1. The van der Waals surface area contributed by atoms with E-state index in [-0.39, 0.29) is 5.91 Å². The molecule has 2 fully saturated rings. The fourth-order valence-electron chi connectivity index (χ4n) is 3.78. The molecule has 2 atom stereocenters. The molecule has 2 aliphatic rings. The largest absolute Gasteiger partial charge is 0.492 e. The minimum absolute atomic E-state index is 0.141. The van der Waals surface area contributed by atoms with Crippen LogP contribution in [0.15, 0.2) is 24.3 Å². The van der Waals surface area contributed by atoms with Crippen molar-refractivity contribution < 1.29 is 9.53 Å². The van der Waals surface area contributed by atoms with E-state index >= 15 is 0 Å². The molecule has 5 heteroatoms. The van der Waals surface area contributed by atoms with Gasteiger partial charge >= 0.3 is 0 Å². The van der Waals surface area contributed by atoms with Crippen LogP contribution in [0, 0.1) is 5.92 Å². The van der Waals surface area contributed by atoms with Gasteiger partial charge in [-0.2, -0.15) is 0 Å². The summed E-state index contributed by atoms with van der Waals surface area (Å²) in [5.41, 5.74) is 6.20. The maximum atomic E-state index is 13.1. The first-order valence-corrected chi connectivity index (χ1v) is 8.74. The Morgan fingerprint density at radius 2 is 2.26 bits per heavy atom. The van der Waals surface area contributed by atoms with Crippen LogP contribution in [0.1, 0.15) is 36.0 Å². The Morgan fingerprint density at radius 3 is 3.13 bits per heavy atom. The number of nitrogens with two attached hydrogens (primary N) is 1. The van der Waals surface area contributed by atoms with Gasteiger partial charge in [0.15, 0.2) is 0 Å². The molecule has 0 spiro atoms. The molecule has 0 bridgehead atoms. The van der Waals surface area contributed by atoms with Crippen molar-refractivity contribution in [2.24, 2.45) is 11.7 Å². The summed E-state index contributed by atoms with van der Waals surface area (Å²) in [5, 5.41) is 3.47. The van der Waals surface area contributed by atoms with E-state index in [2.05, 4.69) is 10.2 Å². The van der Waals surface area contributed by atoms with Crippen LogP contribution in [-0.4, -0.2) is 49.6 Å². The van der Waals surface area contributed by atoms with Crippen molar-refractivity contribution in [1.29, 1.82) is 0 Å². The number of carbonyl (C=O) groups excluding carboxylic acids is 1. The van der Waals surface area contributed by atoms with Crippen molar-refractivity contribution in [2.45, 2.75) is 31.7 Å². The summed E-state index contributed by atoms with van der Waals surface area (Å²) < 4.78 is 5.56. The highest BCUT2D eigenvalue weighted by Gasteiger charge is 2.34. The Hall–Kier alpha value is -1.59. The number of carbonyl (C=O) groups is 1.